The average molecular weight is 447 g/mol. The van der Waals surface area contributed by atoms with Gasteiger partial charge in [0, 0.05) is 5.02 Å². The van der Waals surface area contributed by atoms with Crippen molar-refractivity contribution in [2.75, 3.05) is 6.61 Å². The Bertz CT molecular complexity index is 860. The molecule has 156 valence electrons. The van der Waals surface area contributed by atoms with E-state index in [4.69, 9.17) is 21.1 Å². The van der Waals surface area contributed by atoms with Gasteiger partial charge in [-0.05, 0) is 34.4 Å². The Kier molecular flexibility index (Phi) is 9.26. The summed E-state index contributed by atoms with van der Waals surface area (Å²) in [6, 6.07) is 11.3. The van der Waals surface area contributed by atoms with E-state index in [1.165, 1.54) is 12.1 Å². The largest absolute Gasteiger partial charge is 1.00 e. The molecule has 30 heavy (non-hydrogen) atoms. The molecular formula is C20H20ClNaO8. The van der Waals surface area contributed by atoms with Crippen LogP contribution in [0.3, 0.4) is 0 Å². The number of rotatable bonds is 6. The SMILES string of the molecule is O=C([O-])c1ccc(-c2ccc(Cl)c(CO[C@H]3O[C@H](CO)[C@@H](O)[C@H](O)[C@@H]3O)c2)cc1.[Na+]. The van der Waals surface area contributed by atoms with Gasteiger partial charge in [0.05, 0.1) is 19.2 Å². The van der Waals surface area contributed by atoms with Crippen LogP contribution in [0.1, 0.15) is 15.9 Å². The molecule has 8 nitrogen and oxygen atoms in total. The number of aromatic carboxylic acids is 1. The van der Waals surface area contributed by atoms with E-state index < -0.39 is 43.3 Å². The third kappa shape index (κ3) is 5.60. The Morgan fingerprint density at radius 2 is 1.67 bits per heavy atom. The summed E-state index contributed by atoms with van der Waals surface area (Å²) in [6.07, 6.45) is -6.84. The maximum Gasteiger partial charge on any atom is 1.00 e. The third-order valence-electron chi connectivity index (χ3n) is 4.75. The van der Waals surface area contributed by atoms with Gasteiger partial charge in [0.1, 0.15) is 24.4 Å². The predicted molar refractivity (Wildman–Crippen MR) is 99.8 cm³/mol. The Morgan fingerprint density at radius 1 is 1.03 bits per heavy atom. The summed E-state index contributed by atoms with van der Waals surface area (Å²) in [5, 5.41) is 50.2. The zero-order chi connectivity index (χ0) is 21.1. The summed E-state index contributed by atoms with van der Waals surface area (Å²) in [5.41, 5.74) is 2.13. The first kappa shape index (κ1) is 25.2. The molecule has 0 saturated carbocycles. The number of hydrogen-bond acceptors (Lipinski definition) is 8. The summed E-state index contributed by atoms with van der Waals surface area (Å²) >= 11 is 6.21. The Hall–Kier alpha value is -1.04. The number of hydrogen-bond donors (Lipinski definition) is 4. The molecule has 2 aromatic rings. The third-order valence-corrected chi connectivity index (χ3v) is 5.12. The number of carbonyl (C=O) groups is 1. The van der Waals surface area contributed by atoms with Crippen molar-refractivity contribution >= 4 is 17.6 Å². The van der Waals surface area contributed by atoms with Crippen molar-refractivity contribution in [1.29, 1.82) is 0 Å². The molecule has 1 fully saturated rings. The van der Waals surface area contributed by atoms with Crippen molar-refractivity contribution in [3.8, 4) is 11.1 Å². The summed E-state index contributed by atoms with van der Waals surface area (Å²) in [4.78, 5) is 10.9. The van der Waals surface area contributed by atoms with Crippen LogP contribution in [0.5, 0.6) is 0 Å². The molecule has 0 aromatic heterocycles. The van der Waals surface area contributed by atoms with Crippen molar-refractivity contribution in [2.45, 2.75) is 37.3 Å². The van der Waals surface area contributed by atoms with Crippen molar-refractivity contribution in [3.05, 3.63) is 58.6 Å². The van der Waals surface area contributed by atoms with Gasteiger partial charge in [-0.1, -0.05) is 41.9 Å². The normalized spacial score (nSPS) is 26.1. The number of carboxylic acid groups (broad SMARTS) is 1. The summed E-state index contributed by atoms with van der Waals surface area (Å²) in [5.74, 6) is -1.26. The fraction of sp³-hybridized carbons (Fsp3) is 0.350. The van der Waals surface area contributed by atoms with Crippen molar-refractivity contribution in [3.63, 3.8) is 0 Å². The maximum absolute atomic E-state index is 10.9. The van der Waals surface area contributed by atoms with Crippen LogP contribution in [-0.4, -0.2) is 63.7 Å². The van der Waals surface area contributed by atoms with E-state index in [0.29, 0.717) is 10.6 Å². The topological polar surface area (TPSA) is 140 Å². The van der Waals surface area contributed by atoms with Crippen LogP contribution in [0, 0.1) is 0 Å². The van der Waals surface area contributed by atoms with Crippen LogP contribution in [0.4, 0.5) is 0 Å². The molecule has 4 N–H and O–H groups in total. The molecule has 0 bridgehead atoms. The van der Waals surface area contributed by atoms with E-state index in [9.17, 15) is 30.3 Å². The molecule has 0 unspecified atom stereocenters. The Balaban J connectivity index is 0.00000320. The molecule has 0 aliphatic carbocycles. The molecule has 10 heteroatoms. The first-order valence-corrected chi connectivity index (χ1v) is 9.22. The number of aliphatic hydroxyl groups excluding tert-OH is 4. The van der Waals surface area contributed by atoms with Gasteiger partial charge < -0.3 is 39.8 Å². The van der Waals surface area contributed by atoms with Crippen LogP contribution in [0.2, 0.25) is 5.02 Å². The van der Waals surface area contributed by atoms with Crippen LogP contribution < -0.4 is 34.7 Å². The van der Waals surface area contributed by atoms with Gasteiger partial charge in [-0.15, -0.1) is 0 Å². The van der Waals surface area contributed by atoms with E-state index in [1.54, 1.807) is 30.3 Å². The number of aliphatic hydroxyl groups is 4. The molecule has 5 atom stereocenters. The quantitative estimate of drug-likeness (QED) is 0.338. The fourth-order valence-corrected chi connectivity index (χ4v) is 3.21. The second kappa shape index (κ2) is 11.0. The molecule has 0 amide bonds. The fourth-order valence-electron chi connectivity index (χ4n) is 3.04. The maximum atomic E-state index is 10.9. The monoisotopic (exact) mass is 446 g/mol. The van der Waals surface area contributed by atoms with Crippen LogP contribution in [0.15, 0.2) is 42.5 Å². The van der Waals surface area contributed by atoms with Gasteiger partial charge in [0.15, 0.2) is 6.29 Å². The average Bonchev–Trinajstić information content (AvgIpc) is 2.72. The summed E-state index contributed by atoms with van der Waals surface area (Å²) in [6.45, 7) is -0.630. The Morgan fingerprint density at radius 3 is 2.27 bits per heavy atom. The van der Waals surface area contributed by atoms with Gasteiger partial charge in [0.2, 0.25) is 0 Å². The minimum Gasteiger partial charge on any atom is -0.545 e. The number of carbonyl (C=O) groups excluding carboxylic acids is 1. The minimum absolute atomic E-state index is 0. The minimum atomic E-state index is -1.53. The number of benzene rings is 2. The first-order chi connectivity index (χ1) is 13.8. The molecule has 0 spiro atoms. The smallest absolute Gasteiger partial charge is 0.545 e. The number of halogens is 1. The van der Waals surface area contributed by atoms with E-state index >= 15 is 0 Å². The van der Waals surface area contributed by atoms with Crippen molar-refractivity contribution in [2.24, 2.45) is 0 Å². The second-order valence-corrected chi connectivity index (χ2v) is 7.09. The molecule has 0 radical (unpaired) electrons. The molecule has 1 saturated heterocycles. The van der Waals surface area contributed by atoms with Gasteiger partial charge in [0.25, 0.3) is 0 Å². The molecule has 1 heterocycles. The van der Waals surface area contributed by atoms with Gasteiger partial charge in [-0.2, -0.15) is 0 Å². The predicted octanol–water partition coefficient (Wildman–Crippen LogP) is -3.31. The van der Waals surface area contributed by atoms with E-state index in [-0.39, 0.29) is 41.7 Å². The summed E-state index contributed by atoms with van der Waals surface area (Å²) < 4.78 is 10.8. The van der Waals surface area contributed by atoms with Crippen LogP contribution >= 0.6 is 11.6 Å². The molecule has 1 aliphatic heterocycles. The second-order valence-electron chi connectivity index (χ2n) is 6.68. The first-order valence-electron chi connectivity index (χ1n) is 8.84. The van der Waals surface area contributed by atoms with E-state index in [1.807, 2.05) is 0 Å². The van der Waals surface area contributed by atoms with Gasteiger partial charge in [-0.3, -0.25) is 0 Å². The zero-order valence-electron chi connectivity index (χ0n) is 16.1. The zero-order valence-corrected chi connectivity index (χ0v) is 18.9. The van der Waals surface area contributed by atoms with Crippen LogP contribution in [-0.2, 0) is 16.1 Å². The van der Waals surface area contributed by atoms with Crippen molar-refractivity contribution < 1.29 is 69.4 Å². The molecule has 2 aromatic carbocycles. The molecule has 3 rings (SSSR count). The standard InChI is InChI=1S/C20H21ClO8.Na/c21-14-6-5-12(10-1-3-11(4-2-10)19(26)27)7-13(14)9-28-20-18(25)17(24)16(23)15(8-22)29-20;/h1-7,15-18,20,22-25H,8-9H2,(H,26,27);/q;+1/p-1/t15-,16-,17+,18+,20+;/m1./s1. The Labute approximate surface area is 199 Å². The number of carboxylic acids is 1. The van der Waals surface area contributed by atoms with Gasteiger partial charge in [-0.25, -0.2) is 0 Å². The van der Waals surface area contributed by atoms with Crippen LogP contribution in [0.25, 0.3) is 11.1 Å². The van der Waals surface area contributed by atoms with E-state index in [0.717, 1.165) is 11.1 Å². The van der Waals surface area contributed by atoms with Gasteiger partial charge >= 0.3 is 29.6 Å². The molecule has 1 aliphatic rings. The molecular weight excluding hydrogens is 427 g/mol. The number of ether oxygens (including phenoxy) is 2. The van der Waals surface area contributed by atoms with Crippen molar-refractivity contribution in [1.82, 2.24) is 0 Å². The van der Waals surface area contributed by atoms with E-state index in [2.05, 4.69) is 0 Å². The summed E-state index contributed by atoms with van der Waals surface area (Å²) in [7, 11) is 0.